The summed E-state index contributed by atoms with van der Waals surface area (Å²) in [6, 6.07) is 5.24. The molecular formula is C13H17ClN2O3. The third kappa shape index (κ3) is 4.44. The van der Waals surface area contributed by atoms with E-state index in [1.54, 1.807) is 31.2 Å². The van der Waals surface area contributed by atoms with E-state index in [9.17, 15) is 9.59 Å². The SMILES string of the molecule is CCC(C)C(NC(=O)Nc1ccccc1Cl)C(=O)O. The second-order valence-corrected chi connectivity index (χ2v) is 4.69. The molecule has 0 heterocycles. The van der Waals surface area contributed by atoms with Crippen LogP contribution >= 0.6 is 11.6 Å². The zero-order chi connectivity index (χ0) is 14.4. The number of halogens is 1. The van der Waals surface area contributed by atoms with Gasteiger partial charge in [0.25, 0.3) is 0 Å². The van der Waals surface area contributed by atoms with Crippen LogP contribution in [0.5, 0.6) is 0 Å². The molecule has 0 fully saturated rings. The van der Waals surface area contributed by atoms with Crippen LogP contribution < -0.4 is 10.6 Å². The molecule has 5 nitrogen and oxygen atoms in total. The fourth-order valence-corrected chi connectivity index (χ4v) is 1.73. The molecule has 0 radical (unpaired) electrons. The van der Waals surface area contributed by atoms with Crippen molar-refractivity contribution in [1.29, 1.82) is 0 Å². The molecule has 6 heteroatoms. The highest BCUT2D eigenvalue weighted by atomic mass is 35.5. The van der Waals surface area contributed by atoms with Crippen LogP contribution in [0.4, 0.5) is 10.5 Å². The van der Waals surface area contributed by atoms with E-state index in [4.69, 9.17) is 16.7 Å². The molecule has 104 valence electrons. The van der Waals surface area contributed by atoms with Gasteiger partial charge < -0.3 is 15.7 Å². The normalized spacial score (nSPS) is 13.4. The van der Waals surface area contributed by atoms with Gasteiger partial charge in [0.05, 0.1) is 10.7 Å². The van der Waals surface area contributed by atoms with E-state index in [0.29, 0.717) is 17.1 Å². The minimum Gasteiger partial charge on any atom is -0.480 e. The minimum absolute atomic E-state index is 0.158. The molecule has 2 atom stereocenters. The summed E-state index contributed by atoms with van der Waals surface area (Å²) >= 11 is 5.90. The molecule has 0 aromatic heterocycles. The van der Waals surface area contributed by atoms with Gasteiger partial charge in [-0.1, -0.05) is 44.0 Å². The van der Waals surface area contributed by atoms with E-state index < -0.39 is 18.0 Å². The van der Waals surface area contributed by atoms with Crippen molar-refractivity contribution >= 4 is 29.3 Å². The van der Waals surface area contributed by atoms with Gasteiger partial charge in [0.2, 0.25) is 0 Å². The van der Waals surface area contributed by atoms with Crippen LogP contribution in [0, 0.1) is 5.92 Å². The van der Waals surface area contributed by atoms with Crippen molar-refractivity contribution in [1.82, 2.24) is 5.32 Å². The Morgan fingerprint density at radius 1 is 1.37 bits per heavy atom. The second-order valence-electron chi connectivity index (χ2n) is 4.28. The lowest BCUT2D eigenvalue weighted by molar-refractivity contribution is -0.140. The van der Waals surface area contributed by atoms with Crippen molar-refractivity contribution in [2.24, 2.45) is 5.92 Å². The van der Waals surface area contributed by atoms with Crippen LogP contribution in [-0.4, -0.2) is 23.1 Å². The maximum atomic E-state index is 11.8. The number of carbonyl (C=O) groups excluding carboxylic acids is 1. The number of benzene rings is 1. The fourth-order valence-electron chi connectivity index (χ4n) is 1.55. The third-order valence-electron chi connectivity index (χ3n) is 2.89. The maximum absolute atomic E-state index is 11.8. The zero-order valence-electron chi connectivity index (χ0n) is 10.8. The number of para-hydroxylation sites is 1. The van der Waals surface area contributed by atoms with Gasteiger partial charge in [-0.05, 0) is 18.1 Å². The average Bonchev–Trinajstić information content (AvgIpc) is 2.37. The third-order valence-corrected chi connectivity index (χ3v) is 3.22. The summed E-state index contributed by atoms with van der Waals surface area (Å²) in [5.41, 5.74) is 0.440. The standard InChI is InChI=1S/C13H17ClN2O3/c1-3-8(2)11(12(17)18)16-13(19)15-10-7-5-4-6-9(10)14/h4-8,11H,3H2,1-2H3,(H,17,18)(H2,15,16,19). The predicted octanol–water partition coefficient (Wildman–Crippen LogP) is 2.96. The monoisotopic (exact) mass is 284 g/mol. The number of nitrogens with one attached hydrogen (secondary N) is 2. The molecule has 0 saturated carbocycles. The first-order valence-electron chi connectivity index (χ1n) is 6.00. The highest BCUT2D eigenvalue weighted by Gasteiger charge is 2.25. The number of carboxylic acids is 1. The predicted molar refractivity (Wildman–Crippen MR) is 74.5 cm³/mol. The summed E-state index contributed by atoms with van der Waals surface area (Å²) in [6.45, 7) is 3.64. The Balaban J connectivity index is 2.68. The lowest BCUT2D eigenvalue weighted by Gasteiger charge is -2.20. The molecule has 1 aromatic carbocycles. The van der Waals surface area contributed by atoms with Crippen LogP contribution in [0.15, 0.2) is 24.3 Å². The summed E-state index contributed by atoms with van der Waals surface area (Å²) in [6.07, 6.45) is 0.656. The van der Waals surface area contributed by atoms with Gasteiger partial charge in [0.1, 0.15) is 6.04 Å². The first kappa shape index (κ1) is 15.3. The van der Waals surface area contributed by atoms with Crippen molar-refractivity contribution in [2.45, 2.75) is 26.3 Å². The Kier molecular flexibility index (Phi) is 5.63. The van der Waals surface area contributed by atoms with Gasteiger partial charge in [0, 0.05) is 0 Å². The molecule has 19 heavy (non-hydrogen) atoms. The lowest BCUT2D eigenvalue weighted by Crippen LogP contribution is -2.46. The lowest BCUT2D eigenvalue weighted by atomic mass is 9.99. The van der Waals surface area contributed by atoms with Crippen molar-refractivity contribution in [2.75, 3.05) is 5.32 Å². The molecule has 1 rings (SSSR count). The smallest absolute Gasteiger partial charge is 0.326 e. The number of aliphatic carboxylic acids is 1. The molecule has 0 bridgehead atoms. The topological polar surface area (TPSA) is 78.4 Å². The van der Waals surface area contributed by atoms with Crippen molar-refractivity contribution in [3.05, 3.63) is 29.3 Å². The fraction of sp³-hybridized carbons (Fsp3) is 0.385. The van der Waals surface area contributed by atoms with E-state index >= 15 is 0 Å². The molecule has 0 aliphatic heterocycles. The van der Waals surface area contributed by atoms with E-state index in [2.05, 4.69) is 10.6 Å². The first-order chi connectivity index (χ1) is 8.95. The molecule has 3 N–H and O–H groups in total. The molecule has 1 aromatic rings. The average molecular weight is 285 g/mol. The quantitative estimate of drug-likeness (QED) is 0.778. The van der Waals surface area contributed by atoms with E-state index in [1.165, 1.54) is 0 Å². The summed E-state index contributed by atoms with van der Waals surface area (Å²) < 4.78 is 0. The van der Waals surface area contributed by atoms with Crippen molar-refractivity contribution in [3.63, 3.8) is 0 Å². The molecule has 0 spiro atoms. The van der Waals surface area contributed by atoms with Gasteiger partial charge in [-0.25, -0.2) is 9.59 Å². The summed E-state index contributed by atoms with van der Waals surface area (Å²) in [5.74, 6) is -1.21. The van der Waals surface area contributed by atoms with Crippen LogP contribution in [0.2, 0.25) is 5.02 Å². The number of hydrogen-bond acceptors (Lipinski definition) is 2. The number of urea groups is 1. The number of carboxylic acid groups (broad SMARTS) is 1. The molecule has 0 saturated heterocycles. The summed E-state index contributed by atoms with van der Waals surface area (Å²) in [4.78, 5) is 22.8. The van der Waals surface area contributed by atoms with Gasteiger partial charge in [-0.2, -0.15) is 0 Å². The number of amides is 2. The molecule has 0 aliphatic carbocycles. The number of anilines is 1. The minimum atomic E-state index is -1.05. The van der Waals surface area contributed by atoms with Crippen molar-refractivity contribution < 1.29 is 14.7 Å². The van der Waals surface area contributed by atoms with Crippen LogP contribution in [0.1, 0.15) is 20.3 Å². The number of hydrogen-bond donors (Lipinski definition) is 3. The van der Waals surface area contributed by atoms with Crippen LogP contribution in [-0.2, 0) is 4.79 Å². The Hall–Kier alpha value is -1.75. The van der Waals surface area contributed by atoms with E-state index in [-0.39, 0.29) is 5.92 Å². The second kappa shape index (κ2) is 6.99. The largest absolute Gasteiger partial charge is 0.480 e. The van der Waals surface area contributed by atoms with Gasteiger partial charge in [0.15, 0.2) is 0 Å². The zero-order valence-corrected chi connectivity index (χ0v) is 11.6. The Bertz CT molecular complexity index is 465. The number of carbonyl (C=O) groups is 2. The van der Waals surface area contributed by atoms with E-state index in [0.717, 1.165) is 0 Å². The summed E-state index contributed by atoms with van der Waals surface area (Å²) in [7, 11) is 0. The highest BCUT2D eigenvalue weighted by Crippen LogP contribution is 2.20. The summed E-state index contributed by atoms with van der Waals surface area (Å²) in [5, 5.41) is 14.4. The Morgan fingerprint density at radius 2 is 2.00 bits per heavy atom. The van der Waals surface area contributed by atoms with Crippen LogP contribution in [0.3, 0.4) is 0 Å². The van der Waals surface area contributed by atoms with Gasteiger partial charge >= 0.3 is 12.0 Å². The maximum Gasteiger partial charge on any atom is 0.326 e. The Labute approximate surface area is 117 Å². The Morgan fingerprint density at radius 3 is 2.53 bits per heavy atom. The molecular weight excluding hydrogens is 268 g/mol. The van der Waals surface area contributed by atoms with Gasteiger partial charge in [-0.15, -0.1) is 0 Å². The molecule has 2 amide bonds. The van der Waals surface area contributed by atoms with Gasteiger partial charge in [-0.3, -0.25) is 0 Å². The van der Waals surface area contributed by atoms with E-state index in [1.807, 2.05) is 6.92 Å². The molecule has 0 aliphatic rings. The van der Waals surface area contributed by atoms with Crippen LogP contribution in [0.25, 0.3) is 0 Å². The highest BCUT2D eigenvalue weighted by molar-refractivity contribution is 6.33. The van der Waals surface area contributed by atoms with Crippen molar-refractivity contribution in [3.8, 4) is 0 Å². The number of rotatable bonds is 5. The first-order valence-corrected chi connectivity index (χ1v) is 6.38. The molecule has 2 unspecified atom stereocenters.